The molecule has 2 nitrogen and oxygen atoms in total. The molecule has 0 bridgehead atoms. The van der Waals surface area contributed by atoms with Gasteiger partial charge in [0.1, 0.15) is 0 Å². The summed E-state index contributed by atoms with van der Waals surface area (Å²) >= 11 is 0. The maximum atomic E-state index is 12.2. The first-order chi connectivity index (χ1) is 7.45. The van der Waals surface area contributed by atoms with E-state index in [9.17, 15) is 4.79 Å². The van der Waals surface area contributed by atoms with Crippen LogP contribution in [-0.4, -0.2) is 22.9 Å². The van der Waals surface area contributed by atoms with Crippen molar-refractivity contribution in [1.29, 1.82) is 0 Å². The number of rotatable bonds is 1. The molecule has 0 spiro atoms. The van der Waals surface area contributed by atoms with Gasteiger partial charge in [0.25, 0.3) is 0 Å². The summed E-state index contributed by atoms with van der Waals surface area (Å²) in [5.41, 5.74) is 0.0473. The maximum Gasteiger partial charge on any atom is 0.225 e. The highest BCUT2D eigenvalue weighted by Gasteiger charge is 2.31. The molecule has 0 aromatic heterocycles. The van der Waals surface area contributed by atoms with Gasteiger partial charge in [-0.2, -0.15) is 0 Å². The van der Waals surface area contributed by atoms with Crippen LogP contribution in [0.1, 0.15) is 66.2 Å². The van der Waals surface area contributed by atoms with Crippen molar-refractivity contribution in [3.63, 3.8) is 0 Å². The van der Waals surface area contributed by atoms with Gasteiger partial charge in [-0.05, 0) is 26.7 Å². The third-order valence-electron chi connectivity index (χ3n) is 3.66. The van der Waals surface area contributed by atoms with E-state index < -0.39 is 0 Å². The summed E-state index contributed by atoms with van der Waals surface area (Å²) in [5.74, 6) is 0.451. The molecule has 0 N–H and O–H groups in total. The van der Waals surface area contributed by atoms with Crippen LogP contribution in [0, 0.1) is 5.92 Å². The summed E-state index contributed by atoms with van der Waals surface area (Å²) in [4.78, 5) is 14.3. The van der Waals surface area contributed by atoms with E-state index in [1.165, 1.54) is 32.1 Å². The van der Waals surface area contributed by atoms with Crippen LogP contribution >= 0.6 is 0 Å². The van der Waals surface area contributed by atoms with Gasteiger partial charge >= 0.3 is 0 Å². The highest BCUT2D eigenvalue weighted by molar-refractivity contribution is 5.78. The number of carbonyl (C=O) groups excluding carboxylic acids is 1. The van der Waals surface area contributed by atoms with Gasteiger partial charge in [0.15, 0.2) is 0 Å². The zero-order chi connectivity index (χ0) is 12.2. The van der Waals surface area contributed by atoms with Gasteiger partial charge in [0.05, 0.1) is 0 Å². The van der Waals surface area contributed by atoms with Crippen molar-refractivity contribution < 1.29 is 4.79 Å². The fraction of sp³-hybridized carbons (Fsp3) is 0.929. The SMILES string of the molecule is CC(C)C(=O)N1CCCCCCCC1(C)C. The van der Waals surface area contributed by atoms with Crippen LogP contribution in [0.25, 0.3) is 0 Å². The Morgan fingerprint density at radius 3 is 2.25 bits per heavy atom. The van der Waals surface area contributed by atoms with Gasteiger partial charge in [0.2, 0.25) is 5.91 Å². The smallest absolute Gasteiger partial charge is 0.225 e. The van der Waals surface area contributed by atoms with Crippen LogP contribution in [-0.2, 0) is 4.79 Å². The molecule has 0 saturated carbocycles. The highest BCUT2D eigenvalue weighted by atomic mass is 16.2. The van der Waals surface area contributed by atoms with Crippen molar-refractivity contribution >= 4 is 5.91 Å². The van der Waals surface area contributed by atoms with Crippen LogP contribution < -0.4 is 0 Å². The van der Waals surface area contributed by atoms with E-state index in [1.54, 1.807) is 0 Å². The molecule has 0 aromatic carbocycles. The van der Waals surface area contributed by atoms with Crippen LogP contribution in [0.5, 0.6) is 0 Å². The van der Waals surface area contributed by atoms with Gasteiger partial charge < -0.3 is 4.90 Å². The molecule has 94 valence electrons. The molecule has 16 heavy (non-hydrogen) atoms. The molecule has 1 amide bonds. The average molecular weight is 225 g/mol. The lowest BCUT2D eigenvalue weighted by molar-refractivity contribution is -0.140. The van der Waals surface area contributed by atoms with Gasteiger partial charge in [-0.25, -0.2) is 0 Å². The molecular weight excluding hydrogens is 198 g/mol. The first kappa shape index (κ1) is 13.5. The van der Waals surface area contributed by atoms with E-state index in [2.05, 4.69) is 18.7 Å². The molecule has 0 aliphatic carbocycles. The Hall–Kier alpha value is -0.530. The minimum absolute atomic E-state index is 0.0473. The normalized spacial score (nSPS) is 22.4. The van der Waals surface area contributed by atoms with E-state index in [0.29, 0.717) is 5.91 Å². The zero-order valence-electron chi connectivity index (χ0n) is 11.4. The Kier molecular flexibility index (Phi) is 4.82. The molecule has 1 aliphatic rings. The predicted octanol–water partition coefficient (Wildman–Crippen LogP) is 3.60. The average Bonchev–Trinajstić information content (AvgIpc) is 2.27. The molecule has 1 saturated heterocycles. The van der Waals surface area contributed by atoms with E-state index in [4.69, 9.17) is 0 Å². The molecule has 1 heterocycles. The topological polar surface area (TPSA) is 20.3 Å². The second kappa shape index (κ2) is 5.70. The van der Waals surface area contributed by atoms with Crippen molar-refractivity contribution in [2.45, 2.75) is 71.8 Å². The summed E-state index contributed by atoms with van der Waals surface area (Å²) in [6, 6.07) is 0. The fourth-order valence-corrected chi connectivity index (χ4v) is 2.52. The molecule has 0 aromatic rings. The standard InChI is InChI=1S/C14H27NO/c1-12(2)13(16)15-11-9-7-5-6-8-10-14(15,3)4/h12H,5-11H2,1-4H3. The highest BCUT2D eigenvalue weighted by Crippen LogP contribution is 2.26. The minimum atomic E-state index is 0.0473. The van der Waals surface area contributed by atoms with Crippen LogP contribution in [0.2, 0.25) is 0 Å². The third-order valence-corrected chi connectivity index (χ3v) is 3.66. The number of amides is 1. The molecule has 0 atom stereocenters. The van der Waals surface area contributed by atoms with Crippen molar-refractivity contribution in [1.82, 2.24) is 4.90 Å². The van der Waals surface area contributed by atoms with Crippen LogP contribution in [0.15, 0.2) is 0 Å². The first-order valence-corrected chi connectivity index (χ1v) is 6.76. The summed E-state index contributed by atoms with van der Waals surface area (Å²) < 4.78 is 0. The number of carbonyl (C=O) groups is 1. The zero-order valence-corrected chi connectivity index (χ0v) is 11.4. The number of nitrogens with zero attached hydrogens (tertiary/aromatic N) is 1. The summed E-state index contributed by atoms with van der Waals surface area (Å²) in [7, 11) is 0. The van der Waals surface area contributed by atoms with Gasteiger partial charge in [-0.1, -0.05) is 39.5 Å². The predicted molar refractivity (Wildman–Crippen MR) is 68.3 cm³/mol. The summed E-state index contributed by atoms with van der Waals surface area (Å²) in [6.07, 6.45) is 7.51. The third kappa shape index (κ3) is 3.50. The molecule has 1 fully saturated rings. The lowest BCUT2D eigenvalue weighted by Crippen LogP contribution is -2.49. The monoisotopic (exact) mass is 225 g/mol. The molecular formula is C14H27NO. The first-order valence-electron chi connectivity index (χ1n) is 6.76. The largest absolute Gasteiger partial charge is 0.337 e. The molecule has 2 heteroatoms. The van der Waals surface area contributed by atoms with Crippen LogP contribution in [0.4, 0.5) is 0 Å². The van der Waals surface area contributed by atoms with E-state index in [1.807, 2.05) is 13.8 Å². The Bertz CT molecular complexity index is 233. The van der Waals surface area contributed by atoms with Gasteiger partial charge in [-0.3, -0.25) is 4.79 Å². The molecule has 1 aliphatic heterocycles. The minimum Gasteiger partial charge on any atom is -0.337 e. The van der Waals surface area contributed by atoms with Crippen LogP contribution in [0.3, 0.4) is 0 Å². The van der Waals surface area contributed by atoms with Crippen molar-refractivity contribution in [2.75, 3.05) is 6.54 Å². The summed E-state index contributed by atoms with van der Waals surface area (Å²) in [6.45, 7) is 9.40. The van der Waals surface area contributed by atoms with E-state index in [-0.39, 0.29) is 11.5 Å². The van der Waals surface area contributed by atoms with Gasteiger partial charge in [0, 0.05) is 18.0 Å². The Morgan fingerprint density at radius 2 is 1.62 bits per heavy atom. The quantitative estimate of drug-likeness (QED) is 0.667. The summed E-state index contributed by atoms with van der Waals surface area (Å²) in [5, 5.41) is 0. The Balaban J connectivity index is 2.77. The second-order valence-electron chi connectivity index (χ2n) is 5.97. The Morgan fingerprint density at radius 1 is 1.06 bits per heavy atom. The fourth-order valence-electron chi connectivity index (χ4n) is 2.52. The Labute approximate surface area is 100 Å². The molecule has 0 radical (unpaired) electrons. The molecule has 1 rings (SSSR count). The number of hydrogen-bond acceptors (Lipinski definition) is 1. The van der Waals surface area contributed by atoms with Gasteiger partial charge in [-0.15, -0.1) is 0 Å². The maximum absolute atomic E-state index is 12.2. The van der Waals surface area contributed by atoms with E-state index >= 15 is 0 Å². The number of hydrogen-bond donors (Lipinski definition) is 0. The van der Waals surface area contributed by atoms with Crippen molar-refractivity contribution in [3.05, 3.63) is 0 Å². The van der Waals surface area contributed by atoms with E-state index in [0.717, 1.165) is 13.0 Å². The lowest BCUT2D eigenvalue weighted by Gasteiger charge is -2.39. The molecule has 0 unspecified atom stereocenters. The lowest BCUT2D eigenvalue weighted by atomic mass is 9.93. The second-order valence-corrected chi connectivity index (χ2v) is 5.97. The van der Waals surface area contributed by atoms with Crippen molar-refractivity contribution in [3.8, 4) is 0 Å². The van der Waals surface area contributed by atoms with Crippen molar-refractivity contribution in [2.24, 2.45) is 5.92 Å².